The van der Waals surface area contributed by atoms with Gasteiger partial charge < -0.3 is 19.7 Å². The molecule has 10 heteroatoms. The third-order valence-electron chi connectivity index (χ3n) is 8.98. The van der Waals surface area contributed by atoms with Gasteiger partial charge in [-0.3, -0.25) is 13.9 Å². The summed E-state index contributed by atoms with van der Waals surface area (Å²) >= 11 is 0. The van der Waals surface area contributed by atoms with Crippen molar-refractivity contribution in [1.29, 1.82) is 0 Å². The summed E-state index contributed by atoms with van der Waals surface area (Å²) in [6, 6.07) is 29.2. The van der Waals surface area contributed by atoms with Gasteiger partial charge in [-0.1, -0.05) is 91.6 Å². The topological polar surface area (TPSA) is 105 Å². The van der Waals surface area contributed by atoms with Gasteiger partial charge in [0.15, 0.2) is 0 Å². The molecule has 1 fully saturated rings. The number of amides is 2. The number of ether oxygens (including phenoxy) is 2. The maximum atomic E-state index is 14.8. The van der Waals surface area contributed by atoms with Gasteiger partial charge in [-0.25, -0.2) is 8.42 Å². The first-order chi connectivity index (χ1) is 23.7. The first-order valence-corrected chi connectivity index (χ1v) is 18.1. The number of rotatable bonds is 14. The molecule has 0 bridgehead atoms. The van der Waals surface area contributed by atoms with Gasteiger partial charge in [-0.05, 0) is 67.3 Å². The summed E-state index contributed by atoms with van der Waals surface area (Å²) in [6.45, 7) is 1.53. The monoisotopic (exact) mass is 683 g/mol. The lowest BCUT2D eigenvalue weighted by atomic mass is 9.94. The van der Waals surface area contributed by atoms with E-state index in [-0.39, 0.29) is 41.2 Å². The second kappa shape index (κ2) is 16.5. The highest BCUT2D eigenvalue weighted by atomic mass is 32.2. The van der Waals surface area contributed by atoms with Crippen LogP contribution in [-0.4, -0.2) is 58.0 Å². The van der Waals surface area contributed by atoms with Crippen LogP contribution >= 0.6 is 0 Å². The van der Waals surface area contributed by atoms with Crippen molar-refractivity contribution in [1.82, 2.24) is 10.2 Å². The van der Waals surface area contributed by atoms with E-state index in [1.165, 1.54) is 31.3 Å². The number of carbonyl (C=O) groups excluding carboxylic acids is 2. The Hall–Kier alpha value is -4.83. The van der Waals surface area contributed by atoms with Gasteiger partial charge in [0.25, 0.3) is 10.0 Å². The molecule has 1 atom stereocenters. The van der Waals surface area contributed by atoms with Crippen LogP contribution in [0.3, 0.4) is 0 Å². The Balaban J connectivity index is 1.58. The molecular formula is C39H45N3O6S. The zero-order valence-electron chi connectivity index (χ0n) is 28.4. The van der Waals surface area contributed by atoms with E-state index in [0.29, 0.717) is 5.75 Å². The molecule has 1 aliphatic rings. The van der Waals surface area contributed by atoms with E-state index in [1.807, 2.05) is 61.5 Å². The molecule has 0 radical (unpaired) electrons. The molecule has 1 saturated carbocycles. The number of aryl methyl sites for hydroxylation is 1. The highest BCUT2D eigenvalue weighted by Gasteiger charge is 2.36. The van der Waals surface area contributed by atoms with E-state index in [1.54, 1.807) is 36.4 Å². The van der Waals surface area contributed by atoms with Crippen molar-refractivity contribution in [3.63, 3.8) is 0 Å². The fourth-order valence-electron chi connectivity index (χ4n) is 6.21. The normalized spacial score (nSPS) is 14.0. The molecule has 0 unspecified atom stereocenters. The lowest BCUT2D eigenvalue weighted by Crippen LogP contribution is -2.55. The molecule has 4 aromatic carbocycles. The molecule has 0 aliphatic heterocycles. The molecule has 1 aliphatic carbocycles. The maximum Gasteiger partial charge on any atom is 0.264 e. The highest BCUT2D eigenvalue weighted by molar-refractivity contribution is 7.92. The van der Waals surface area contributed by atoms with E-state index in [2.05, 4.69) is 5.32 Å². The summed E-state index contributed by atoms with van der Waals surface area (Å²) in [5.41, 5.74) is 2.98. The van der Waals surface area contributed by atoms with Gasteiger partial charge >= 0.3 is 0 Å². The smallest absolute Gasteiger partial charge is 0.264 e. The van der Waals surface area contributed by atoms with Crippen molar-refractivity contribution in [2.24, 2.45) is 0 Å². The molecule has 2 amide bonds. The average molecular weight is 684 g/mol. The van der Waals surface area contributed by atoms with E-state index >= 15 is 0 Å². The highest BCUT2D eigenvalue weighted by Crippen LogP contribution is 2.33. The fourth-order valence-corrected chi connectivity index (χ4v) is 7.64. The lowest BCUT2D eigenvalue weighted by Gasteiger charge is -2.35. The first kappa shape index (κ1) is 35.5. The molecular weight excluding hydrogens is 639 g/mol. The molecule has 0 aromatic heterocycles. The van der Waals surface area contributed by atoms with Crippen LogP contribution in [0.4, 0.5) is 5.69 Å². The third-order valence-corrected chi connectivity index (χ3v) is 10.8. The van der Waals surface area contributed by atoms with Crippen molar-refractivity contribution < 1.29 is 27.5 Å². The molecule has 4 aromatic rings. The van der Waals surface area contributed by atoms with Gasteiger partial charge in [-0.2, -0.15) is 0 Å². The van der Waals surface area contributed by atoms with Gasteiger partial charge in [0, 0.05) is 19.0 Å². The van der Waals surface area contributed by atoms with Crippen molar-refractivity contribution in [3.8, 4) is 11.5 Å². The second-order valence-electron chi connectivity index (χ2n) is 12.4. The Bertz CT molecular complexity index is 1790. The van der Waals surface area contributed by atoms with Crippen LogP contribution in [0, 0.1) is 6.92 Å². The SMILES string of the molecule is COc1ccc(S(=O)(=O)N(CC(=O)N(Cc2ccc(C)cc2)[C@@H](Cc2ccccc2)C(=O)NC2CCCCC2)c2ccccc2OC)cc1. The van der Waals surface area contributed by atoms with Crippen LogP contribution in [0.15, 0.2) is 108 Å². The molecule has 1 N–H and O–H groups in total. The van der Waals surface area contributed by atoms with Crippen LogP contribution in [0.2, 0.25) is 0 Å². The van der Waals surface area contributed by atoms with Crippen LogP contribution in [0.1, 0.15) is 48.8 Å². The minimum atomic E-state index is -4.30. The summed E-state index contributed by atoms with van der Waals surface area (Å²) < 4.78 is 40.7. The Labute approximate surface area is 289 Å². The van der Waals surface area contributed by atoms with Crippen molar-refractivity contribution in [3.05, 3.63) is 120 Å². The minimum Gasteiger partial charge on any atom is -0.497 e. The Morgan fingerprint density at radius 3 is 2.10 bits per heavy atom. The van der Waals surface area contributed by atoms with E-state index in [4.69, 9.17) is 9.47 Å². The molecule has 9 nitrogen and oxygen atoms in total. The Kier molecular flexibility index (Phi) is 12.0. The number of hydrogen-bond donors (Lipinski definition) is 1. The minimum absolute atomic E-state index is 0.0204. The van der Waals surface area contributed by atoms with E-state index in [0.717, 1.165) is 53.1 Å². The first-order valence-electron chi connectivity index (χ1n) is 16.7. The number of hydrogen-bond acceptors (Lipinski definition) is 6. The van der Waals surface area contributed by atoms with Crippen molar-refractivity contribution in [2.45, 2.75) is 69.0 Å². The van der Waals surface area contributed by atoms with Gasteiger partial charge in [0.05, 0.1) is 24.8 Å². The largest absolute Gasteiger partial charge is 0.497 e. The molecule has 258 valence electrons. The van der Waals surface area contributed by atoms with Crippen LogP contribution in [0.5, 0.6) is 11.5 Å². The summed E-state index contributed by atoms with van der Waals surface area (Å²) in [7, 11) is -1.34. The predicted octanol–water partition coefficient (Wildman–Crippen LogP) is 6.30. The number of methoxy groups -OCH3 is 2. The number of nitrogens with zero attached hydrogens (tertiary/aromatic N) is 2. The number of para-hydroxylation sites is 2. The van der Waals surface area contributed by atoms with Gasteiger partial charge in [0.2, 0.25) is 11.8 Å². The summed E-state index contributed by atoms with van der Waals surface area (Å²) in [5, 5.41) is 3.24. The molecule has 5 rings (SSSR count). The molecule has 0 heterocycles. The summed E-state index contributed by atoms with van der Waals surface area (Å²) in [4.78, 5) is 30.6. The Morgan fingerprint density at radius 1 is 0.796 bits per heavy atom. The molecule has 0 spiro atoms. The van der Waals surface area contributed by atoms with Crippen LogP contribution in [0.25, 0.3) is 0 Å². The average Bonchev–Trinajstić information content (AvgIpc) is 3.13. The standard InChI is InChI=1S/C39H45N3O6S/c1-29-18-20-31(21-19-29)27-41(36(26-30-12-6-4-7-13-30)39(44)40-32-14-8-5-9-15-32)38(43)28-42(35-16-10-11-17-37(35)48-3)49(45,46)34-24-22-33(47-2)23-25-34/h4,6-7,10-13,16-25,32,36H,5,8-9,14-15,26-28H2,1-3H3,(H,40,44)/t36-/m0/s1. The van der Waals surface area contributed by atoms with Gasteiger partial charge in [-0.15, -0.1) is 0 Å². The number of nitrogens with one attached hydrogen (secondary N) is 1. The van der Waals surface area contributed by atoms with Crippen LogP contribution in [-0.2, 0) is 32.6 Å². The van der Waals surface area contributed by atoms with Gasteiger partial charge in [0.1, 0.15) is 24.1 Å². The number of carbonyl (C=O) groups is 2. The second-order valence-corrected chi connectivity index (χ2v) is 14.3. The Morgan fingerprint density at radius 2 is 1.45 bits per heavy atom. The number of anilines is 1. The van der Waals surface area contributed by atoms with E-state index < -0.39 is 28.5 Å². The lowest BCUT2D eigenvalue weighted by molar-refractivity contribution is -0.140. The predicted molar refractivity (Wildman–Crippen MR) is 191 cm³/mol. The number of benzene rings is 4. The van der Waals surface area contributed by atoms with Crippen molar-refractivity contribution >= 4 is 27.5 Å². The fraction of sp³-hybridized carbons (Fsp3) is 0.333. The summed E-state index contributed by atoms with van der Waals surface area (Å²) in [6.07, 6.45) is 5.25. The van der Waals surface area contributed by atoms with E-state index in [9.17, 15) is 18.0 Å². The number of sulfonamides is 1. The molecule has 0 saturated heterocycles. The zero-order valence-corrected chi connectivity index (χ0v) is 29.2. The molecule has 49 heavy (non-hydrogen) atoms. The third kappa shape index (κ3) is 9.00. The zero-order chi connectivity index (χ0) is 34.8. The summed E-state index contributed by atoms with van der Waals surface area (Å²) in [5.74, 6) is 0.00517. The quantitative estimate of drug-likeness (QED) is 0.167. The maximum absolute atomic E-state index is 14.8. The van der Waals surface area contributed by atoms with Crippen molar-refractivity contribution in [2.75, 3.05) is 25.1 Å². The van der Waals surface area contributed by atoms with Crippen LogP contribution < -0.4 is 19.1 Å².